The Bertz CT molecular complexity index is 458. The predicted octanol–water partition coefficient (Wildman–Crippen LogP) is 3.26. The molecule has 1 aromatic carbocycles. The van der Waals surface area contributed by atoms with Gasteiger partial charge in [-0.1, -0.05) is 19.9 Å². The van der Waals surface area contributed by atoms with Gasteiger partial charge in [-0.05, 0) is 32.4 Å². The summed E-state index contributed by atoms with van der Waals surface area (Å²) >= 11 is 0. The van der Waals surface area contributed by atoms with E-state index >= 15 is 0 Å². The Morgan fingerprint density at radius 3 is 2.56 bits per heavy atom. The van der Waals surface area contributed by atoms with Gasteiger partial charge in [-0.2, -0.15) is 0 Å². The van der Waals surface area contributed by atoms with Crippen LogP contribution < -0.4 is 4.74 Å². The molecule has 2 rings (SSSR count). The van der Waals surface area contributed by atoms with Crippen LogP contribution in [0.5, 0.6) is 5.75 Å². The average Bonchev–Trinajstić information content (AvgIpc) is 2.39. The second-order valence-corrected chi connectivity index (χ2v) is 5.23. The zero-order chi connectivity index (χ0) is 12.1. The topological polar surface area (TPSA) is 26.3 Å². The summed E-state index contributed by atoms with van der Waals surface area (Å²) in [7, 11) is 0. The van der Waals surface area contributed by atoms with Crippen molar-refractivity contribution in [2.45, 2.75) is 46.1 Å². The molecule has 0 amide bonds. The maximum Gasteiger partial charge on any atom is 0.163 e. The first-order chi connectivity index (χ1) is 7.34. The van der Waals surface area contributed by atoms with Crippen LogP contribution in [0.15, 0.2) is 12.1 Å². The Labute approximate surface area is 96.6 Å². The van der Waals surface area contributed by atoms with E-state index < -0.39 is 0 Å². The molecule has 86 valence electrons. The van der Waals surface area contributed by atoms with E-state index in [0.29, 0.717) is 5.56 Å². The van der Waals surface area contributed by atoms with Crippen LogP contribution in [0, 0.1) is 6.92 Å². The van der Waals surface area contributed by atoms with Gasteiger partial charge in [0, 0.05) is 11.0 Å². The molecule has 1 aromatic rings. The molecule has 2 nitrogen and oxygen atoms in total. The van der Waals surface area contributed by atoms with Gasteiger partial charge in [-0.15, -0.1) is 0 Å². The Hall–Kier alpha value is -1.31. The standard InChI is InChI=1S/C14H18O2/c1-8-6-11(9(2)15)13-12(7-8)14(4,5)10(3)16-13/h6-7,10H,1-5H3. The molecule has 16 heavy (non-hydrogen) atoms. The molecule has 0 saturated heterocycles. The summed E-state index contributed by atoms with van der Waals surface area (Å²) in [6, 6.07) is 4.04. The normalized spacial score (nSPS) is 21.4. The number of fused-ring (bicyclic) bond motifs is 1. The van der Waals surface area contributed by atoms with Crippen LogP contribution in [0.4, 0.5) is 0 Å². The van der Waals surface area contributed by atoms with Crippen molar-refractivity contribution in [3.8, 4) is 5.75 Å². The van der Waals surface area contributed by atoms with Gasteiger partial charge in [0.05, 0.1) is 5.56 Å². The van der Waals surface area contributed by atoms with E-state index in [1.807, 2.05) is 13.0 Å². The highest BCUT2D eigenvalue weighted by atomic mass is 16.5. The third-order valence-corrected chi connectivity index (χ3v) is 3.62. The maximum atomic E-state index is 11.6. The van der Waals surface area contributed by atoms with Crippen molar-refractivity contribution >= 4 is 5.78 Å². The molecule has 1 unspecified atom stereocenters. The first-order valence-electron chi connectivity index (χ1n) is 5.66. The fraction of sp³-hybridized carbons (Fsp3) is 0.500. The van der Waals surface area contributed by atoms with E-state index in [-0.39, 0.29) is 17.3 Å². The number of hydrogen-bond donors (Lipinski definition) is 0. The second kappa shape index (κ2) is 3.34. The van der Waals surface area contributed by atoms with E-state index in [9.17, 15) is 4.79 Å². The minimum absolute atomic E-state index is 0.0223. The van der Waals surface area contributed by atoms with Crippen molar-refractivity contribution in [1.82, 2.24) is 0 Å². The van der Waals surface area contributed by atoms with Crippen LogP contribution in [-0.4, -0.2) is 11.9 Å². The quantitative estimate of drug-likeness (QED) is 0.676. The van der Waals surface area contributed by atoms with Crippen molar-refractivity contribution in [1.29, 1.82) is 0 Å². The van der Waals surface area contributed by atoms with Gasteiger partial charge in [0.15, 0.2) is 5.78 Å². The van der Waals surface area contributed by atoms with Crippen LogP contribution in [0.1, 0.15) is 49.2 Å². The molecule has 1 heterocycles. The summed E-state index contributed by atoms with van der Waals surface area (Å²) in [5, 5.41) is 0. The van der Waals surface area contributed by atoms with Gasteiger partial charge >= 0.3 is 0 Å². The van der Waals surface area contributed by atoms with E-state index in [1.165, 1.54) is 0 Å². The molecule has 0 aromatic heterocycles. The molecule has 2 heteroatoms. The van der Waals surface area contributed by atoms with E-state index in [2.05, 4.69) is 26.8 Å². The molecule has 0 bridgehead atoms. The van der Waals surface area contributed by atoms with Crippen LogP contribution in [0.2, 0.25) is 0 Å². The lowest BCUT2D eigenvalue weighted by Crippen LogP contribution is -2.28. The summed E-state index contributed by atoms with van der Waals surface area (Å²) in [6.45, 7) is 9.99. The third-order valence-electron chi connectivity index (χ3n) is 3.62. The molecule has 0 N–H and O–H groups in total. The molecule has 1 aliphatic heterocycles. The van der Waals surface area contributed by atoms with Crippen molar-refractivity contribution < 1.29 is 9.53 Å². The van der Waals surface area contributed by atoms with Gasteiger partial charge in [-0.25, -0.2) is 0 Å². The molecular weight excluding hydrogens is 200 g/mol. The number of carbonyl (C=O) groups excluding carboxylic acids is 1. The van der Waals surface area contributed by atoms with Crippen LogP contribution >= 0.6 is 0 Å². The lowest BCUT2D eigenvalue weighted by atomic mass is 9.80. The largest absolute Gasteiger partial charge is 0.489 e. The van der Waals surface area contributed by atoms with Crippen LogP contribution in [-0.2, 0) is 5.41 Å². The summed E-state index contributed by atoms with van der Waals surface area (Å²) in [5.41, 5.74) is 2.97. The van der Waals surface area contributed by atoms with Crippen LogP contribution in [0.3, 0.4) is 0 Å². The minimum atomic E-state index is -0.0223. The highest BCUT2D eigenvalue weighted by Gasteiger charge is 2.40. The van der Waals surface area contributed by atoms with Crippen molar-refractivity contribution in [3.05, 3.63) is 28.8 Å². The number of ether oxygens (including phenoxy) is 1. The fourth-order valence-corrected chi connectivity index (χ4v) is 2.18. The molecule has 0 saturated carbocycles. The summed E-state index contributed by atoms with van der Waals surface area (Å²) in [4.78, 5) is 11.6. The monoisotopic (exact) mass is 218 g/mol. The van der Waals surface area contributed by atoms with Crippen molar-refractivity contribution in [2.75, 3.05) is 0 Å². The number of carbonyl (C=O) groups is 1. The lowest BCUT2D eigenvalue weighted by molar-refractivity contribution is 0.101. The van der Waals surface area contributed by atoms with E-state index in [0.717, 1.165) is 16.9 Å². The lowest BCUT2D eigenvalue weighted by Gasteiger charge is -2.22. The number of Topliss-reactive ketones (excluding diaryl/α,β-unsaturated/α-hetero) is 1. The summed E-state index contributed by atoms with van der Waals surface area (Å²) in [5.74, 6) is 0.862. The SMILES string of the molecule is CC(=O)c1cc(C)cc2c1OC(C)C2(C)C. The van der Waals surface area contributed by atoms with Crippen molar-refractivity contribution in [2.24, 2.45) is 0 Å². The number of benzene rings is 1. The number of rotatable bonds is 1. The predicted molar refractivity (Wildman–Crippen MR) is 64.3 cm³/mol. The van der Waals surface area contributed by atoms with Crippen molar-refractivity contribution in [3.63, 3.8) is 0 Å². The Balaban J connectivity index is 2.70. The van der Waals surface area contributed by atoms with Crippen LogP contribution in [0.25, 0.3) is 0 Å². The average molecular weight is 218 g/mol. The highest BCUT2D eigenvalue weighted by molar-refractivity contribution is 5.97. The fourth-order valence-electron chi connectivity index (χ4n) is 2.18. The van der Waals surface area contributed by atoms with Gasteiger partial charge in [0.2, 0.25) is 0 Å². The zero-order valence-corrected chi connectivity index (χ0v) is 10.5. The van der Waals surface area contributed by atoms with Gasteiger partial charge in [-0.3, -0.25) is 4.79 Å². The molecule has 0 aliphatic carbocycles. The Morgan fingerprint density at radius 1 is 1.38 bits per heavy atom. The first-order valence-corrected chi connectivity index (χ1v) is 5.66. The minimum Gasteiger partial charge on any atom is -0.489 e. The summed E-state index contributed by atoms with van der Waals surface area (Å²) < 4.78 is 5.85. The zero-order valence-electron chi connectivity index (χ0n) is 10.5. The van der Waals surface area contributed by atoms with Gasteiger partial charge in [0.25, 0.3) is 0 Å². The van der Waals surface area contributed by atoms with Gasteiger partial charge < -0.3 is 4.74 Å². The summed E-state index contributed by atoms with van der Waals surface area (Å²) in [6.07, 6.45) is 0.113. The Morgan fingerprint density at radius 2 is 2.00 bits per heavy atom. The molecule has 0 radical (unpaired) electrons. The number of hydrogen-bond acceptors (Lipinski definition) is 2. The molecule has 1 atom stereocenters. The number of aryl methyl sites for hydroxylation is 1. The number of ketones is 1. The molecule has 1 aliphatic rings. The first kappa shape index (κ1) is 11.2. The maximum absolute atomic E-state index is 11.6. The highest BCUT2D eigenvalue weighted by Crippen LogP contribution is 2.45. The molecule has 0 fully saturated rings. The van der Waals surface area contributed by atoms with E-state index in [1.54, 1.807) is 6.92 Å². The smallest absolute Gasteiger partial charge is 0.163 e. The molecule has 0 spiro atoms. The van der Waals surface area contributed by atoms with Gasteiger partial charge in [0.1, 0.15) is 11.9 Å². The molecular formula is C14H18O2. The van der Waals surface area contributed by atoms with E-state index in [4.69, 9.17) is 4.74 Å². The second-order valence-electron chi connectivity index (χ2n) is 5.23. The third kappa shape index (κ3) is 1.44. The Kier molecular flexibility index (Phi) is 2.33.